The van der Waals surface area contributed by atoms with Gasteiger partial charge in [0.05, 0.1) is 0 Å². The van der Waals surface area contributed by atoms with E-state index in [9.17, 15) is 4.79 Å². The van der Waals surface area contributed by atoms with E-state index < -0.39 is 0 Å². The summed E-state index contributed by atoms with van der Waals surface area (Å²) < 4.78 is 5.62. The molecule has 2 aromatic rings. The van der Waals surface area contributed by atoms with E-state index in [1.54, 1.807) is 0 Å². The van der Waals surface area contributed by atoms with Crippen molar-refractivity contribution in [3.05, 3.63) is 53.6 Å². The molecule has 0 saturated carbocycles. The molecule has 0 spiro atoms. The summed E-state index contributed by atoms with van der Waals surface area (Å²) in [5.41, 5.74) is 2.27. The minimum atomic E-state index is -0.264. The van der Waals surface area contributed by atoms with Crippen LogP contribution in [0.2, 0.25) is 0 Å². The maximum atomic E-state index is 11.9. The molecule has 0 saturated heterocycles. The van der Waals surface area contributed by atoms with Crippen molar-refractivity contribution in [2.45, 2.75) is 26.4 Å². The lowest BCUT2D eigenvalue weighted by Crippen LogP contribution is -2.13. The largest absolute Gasteiger partial charge is 0.453 e. The Morgan fingerprint density at radius 3 is 2.70 bits per heavy atom. The van der Waals surface area contributed by atoms with Crippen LogP contribution in [0.4, 0.5) is 0 Å². The number of hydrogen-bond donors (Lipinski definition) is 0. The Balaban J connectivity index is 1.96. The Labute approximate surface area is 119 Å². The zero-order valence-corrected chi connectivity index (χ0v) is 11.8. The van der Waals surface area contributed by atoms with E-state index >= 15 is 0 Å². The topological polar surface area (TPSA) is 26.3 Å². The highest BCUT2D eigenvalue weighted by atomic mass is 16.5. The van der Waals surface area contributed by atoms with Crippen LogP contribution in [0.3, 0.4) is 0 Å². The summed E-state index contributed by atoms with van der Waals surface area (Å²) in [6.07, 6.45) is 4.21. The van der Waals surface area contributed by atoms with E-state index in [0.717, 1.165) is 5.56 Å². The molecule has 1 unspecified atom stereocenters. The molecular formula is C18H18O2. The van der Waals surface area contributed by atoms with Crippen molar-refractivity contribution in [1.29, 1.82) is 0 Å². The SMILES string of the molecule is CC(C)CC(=O)OC1C=Cc2cccc3cccc1c23. The van der Waals surface area contributed by atoms with Crippen molar-refractivity contribution < 1.29 is 9.53 Å². The van der Waals surface area contributed by atoms with Gasteiger partial charge in [-0.1, -0.05) is 56.3 Å². The van der Waals surface area contributed by atoms with Gasteiger partial charge in [-0.15, -0.1) is 0 Å². The number of esters is 1. The molecule has 0 aliphatic heterocycles. The average molecular weight is 266 g/mol. The molecule has 1 atom stereocenters. The molecule has 0 amide bonds. The normalized spacial score (nSPS) is 16.6. The second kappa shape index (κ2) is 5.12. The Hall–Kier alpha value is -2.09. The van der Waals surface area contributed by atoms with E-state index in [1.165, 1.54) is 16.3 Å². The minimum absolute atomic E-state index is 0.133. The molecule has 0 bridgehead atoms. The molecule has 0 aromatic heterocycles. The molecule has 0 fully saturated rings. The molecule has 20 heavy (non-hydrogen) atoms. The van der Waals surface area contributed by atoms with Gasteiger partial charge in [0.2, 0.25) is 0 Å². The van der Waals surface area contributed by atoms with Crippen LogP contribution in [-0.4, -0.2) is 5.97 Å². The molecule has 2 heteroatoms. The highest BCUT2D eigenvalue weighted by Gasteiger charge is 2.21. The lowest BCUT2D eigenvalue weighted by atomic mass is 9.91. The van der Waals surface area contributed by atoms with Gasteiger partial charge >= 0.3 is 5.97 Å². The Bertz CT molecular complexity index is 678. The second-order valence-corrected chi connectivity index (χ2v) is 5.66. The van der Waals surface area contributed by atoms with E-state index in [0.29, 0.717) is 12.3 Å². The third-order valence-electron chi connectivity index (χ3n) is 3.56. The maximum absolute atomic E-state index is 11.9. The van der Waals surface area contributed by atoms with Gasteiger partial charge in [0, 0.05) is 12.0 Å². The highest BCUT2D eigenvalue weighted by Crippen LogP contribution is 2.35. The number of benzene rings is 2. The molecule has 2 nitrogen and oxygen atoms in total. The first kappa shape index (κ1) is 12.9. The second-order valence-electron chi connectivity index (χ2n) is 5.66. The molecule has 2 aromatic carbocycles. The molecule has 0 N–H and O–H groups in total. The fourth-order valence-electron chi connectivity index (χ4n) is 2.70. The number of rotatable bonds is 3. The number of carbonyl (C=O) groups is 1. The van der Waals surface area contributed by atoms with Crippen LogP contribution in [0.15, 0.2) is 42.5 Å². The zero-order chi connectivity index (χ0) is 14.1. The summed E-state index contributed by atoms with van der Waals surface area (Å²) in [6, 6.07) is 12.4. The van der Waals surface area contributed by atoms with Crippen LogP contribution in [-0.2, 0) is 9.53 Å². The fourth-order valence-corrected chi connectivity index (χ4v) is 2.70. The third kappa shape index (κ3) is 2.34. The predicted octanol–water partition coefficient (Wildman–Crippen LogP) is 4.50. The predicted molar refractivity (Wildman–Crippen MR) is 81.3 cm³/mol. The van der Waals surface area contributed by atoms with Gasteiger partial charge in [-0.05, 0) is 28.3 Å². The van der Waals surface area contributed by atoms with Gasteiger partial charge in [-0.25, -0.2) is 0 Å². The smallest absolute Gasteiger partial charge is 0.306 e. The van der Waals surface area contributed by atoms with Crippen LogP contribution >= 0.6 is 0 Å². The highest BCUT2D eigenvalue weighted by molar-refractivity contribution is 5.95. The van der Waals surface area contributed by atoms with Crippen molar-refractivity contribution in [2.75, 3.05) is 0 Å². The summed E-state index contributed by atoms with van der Waals surface area (Å²) in [5, 5.41) is 2.38. The van der Waals surface area contributed by atoms with Crippen LogP contribution in [0, 0.1) is 5.92 Å². The molecule has 102 valence electrons. The van der Waals surface area contributed by atoms with Crippen molar-refractivity contribution >= 4 is 22.8 Å². The van der Waals surface area contributed by atoms with E-state index in [1.807, 2.05) is 38.1 Å². The monoisotopic (exact) mass is 266 g/mol. The Kier molecular flexibility index (Phi) is 3.31. The molecule has 3 rings (SSSR count). The van der Waals surface area contributed by atoms with E-state index in [4.69, 9.17) is 4.74 Å². The van der Waals surface area contributed by atoms with Crippen LogP contribution in [0.25, 0.3) is 16.8 Å². The average Bonchev–Trinajstić information content (AvgIpc) is 2.41. The lowest BCUT2D eigenvalue weighted by molar-refractivity contribution is -0.148. The zero-order valence-electron chi connectivity index (χ0n) is 11.8. The van der Waals surface area contributed by atoms with Gasteiger partial charge in [0.15, 0.2) is 0 Å². The van der Waals surface area contributed by atoms with E-state index in [-0.39, 0.29) is 12.1 Å². The van der Waals surface area contributed by atoms with Crippen LogP contribution in [0.5, 0.6) is 0 Å². The van der Waals surface area contributed by atoms with Crippen LogP contribution in [0.1, 0.15) is 37.5 Å². The molecule has 1 aliphatic carbocycles. The van der Waals surface area contributed by atoms with Crippen molar-refractivity contribution in [3.8, 4) is 0 Å². The number of hydrogen-bond acceptors (Lipinski definition) is 2. The first-order valence-corrected chi connectivity index (χ1v) is 7.04. The van der Waals surface area contributed by atoms with Crippen molar-refractivity contribution in [2.24, 2.45) is 5.92 Å². The maximum Gasteiger partial charge on any atom is 0.306 e. The third-order valence-corrected chi connectivity index (χ3v) is 3.56. The summed E-state index contributed by atoms with van der Waals surface area (Å²) in [5.74, 6) is 0.184. The number of ether oxygens (including phenoxy) is 1. The molecule has 0 heterocycles. The Morgan fingerprint density at radius 1 is 1.20 bits per heavy atom. The van der Waals surface area contributed by atoms with Gasteiger partial charge in [0.1, 0.15) is 6.10 Å². The van der Waals surface area contributed by atoms with Crippen LogP contribution < -0.4 is 0 Å². The van der Waals surface area contributed by atoms with Crippen molar-refractivity contribution in [3.63, 3.8) is 0 Å². The fraction of sp³-hybridized carbons (Fsp3) is 0.278. The molecular weight excluding hydrogens is 248 g/mol. The van der Waals surface area contributed by atoms with Gasteiger partial charge < -0.3 is 4.74 Å². The summed E-state index contributed by atoms with van der Waals surface area (Å²) in [4.78, 5) is 11.9. The summed E-state index contributed by atoms with van der Waals surface area (Å²) >= 11 is 0. The summed E-state index contributed by atoms with van der Waals surface area (Å²) in [7, 11) is 0. The van der Waals surface area contributed by atoms with Gasteiger partial charge in [0.25, 0.3) is 0 Å². The van der Waals surface area contributed by atoms with Crippen molar-refractivity contribution in [1.82, 2.24) is 0 Å². The quantitative estimate of drug-likeness (QED) is 0.765. The molecule has 0 radical (unpaired) electrons. The first-order valence-electron chi connectivity index (χ1n) is 7.04. The molecule has 1 aliphatic rings. The summed E-state index contributed by atoms with van der Waals surface area (Å²) in [6.45, 7) is 4.04. The Morgan fingerprint density at radius 2 is 1.95 bits per heavy atom. The van der Waals surface area contributed by atoms with E-state index in [2.05, 4.69) is 24.3 Å². The number of carbonyl (C=O) groups excluding carboxylic acids is 1. The van der Waals surface area contributed by atoms with Gasteiger partial charge in [-0.2, -0.15) is 0 Å². The van der Waals surface area contributed by atoms with Gasteiger partial charge in [-0.3, -0.25) is 4.79 Å². The first-order chi connectivity index (χ1) is 9.65. The lowest BCUT2D eigenvalue weighted by Gasteiger charge is -2.22. The standard InChI is InChI=1S/C18H18O2/c1-12(2)11-17(19)20-16-10-9-14-6-3-5-13-7-4-8-15(16)18(13)14/h3-10,12,16H,11H2,1-2H3. The minimum Gasteiger partial charge on any atom is -0.453 e.